The average Bonchev–Trinajstić information content (AvgIpc) is 3.35. The van der Waals surface area contributed by atoms with Crippen LogP contribution in [0, 0.1) is 5.92 Å². The van der Waals surface area contributed by atoms with E-state index in [2.05, 4.69) is 77.3 Å². The van der Waals surface area contributed by atoms with Crippen molar-refractivity contribution in [2.75, 3.05) is 28.3 Å². The first-order valence-corrected chi connectivity index (χ1v) is 12.6. The second kappa shape index (κ2) is 11.6. The Balaban J connectivity index is 1.32. The van der Waals surface area contributed by atoms with Gasteiger partial charge in [-0.25, -0.2) is 0 Å². The summed E-state index contributed by atoms with van der Waals surface area (Å²) in [6.45, 7) is 0. The molecule has 4 rings (SSSR count). The minimum atomic E-state index is 0.395. The minimum absolute atomic E-state index is 0.395. The van der Waals surface area contributed by atoms with Crippen LogP contribution in [0.4, 0.5) is 0 Å². The summed E-state index contributed by atoms with van der Waals surface area (Å²) in [7, 11) is 7.56. The van der Waals surface area contributed by atoms with Crippen molar-refractivity contribution >= 4 is 17.8 Å². The molecule has 0 N–H and O–H groups in total. The summed E-state index contributed by atoms with van der Waals surface area (Å²) in [4.78, 5) is 6.85. The number of nitrogens with zero attached hydrogens (tertiary/aromatic N) is 3. The molecule has 1 heterocycles. The summed E-state index contributed by atoms with van der Waals surface area (Å²) in [5.41, 5.74) is 2.20. The molecule has 0 saturated heterocycles. The number of aromatic nitrogens is 2. The summed E-state index contributed by atoms with van der Waals surface area (Å²) >= 11 is 2.09. The quantitative estimate of drug-likeness (QED) is 0.333. The molecular formula is C27H33N3O3S. The van der Waals surface area contributed by atoms with Crippen LogP contribution in [0.3, 0.4) is 0 Å². The van der Waals surface area contributed by atoms with Gasteiger partial charge in [0, 0.05) is 10.8 Å². The van der Waals surface area contributed by atoms with E-state index in [0.29, 0.717) is 39.8 Å². The van der Waals surface area contributed by atoms with Gasteiger partial charge in [0.1, 0.15) is 0 Å². The molecule has 3 aromatic rings. The van der Waals surface area contributed by atoms with Gasteiger partial charge in [0.2, 0.25) is 5.82 Å². The Kier molecular flexibility index (Phi) is 8.29. The molecule has 0 bridgehead atoms. The molecule has 6 nitrogen and oxygen atoms in total. The highest BCUT2D eigenvalue weighted by molar-refractivity contribution is 8.00. The van der Waals surface area contributed by atoms with Gasteiger partial charge in [0.05, 0.1) is 19.6 Å². The first-order valence-electron chi connectivity index (χ1n) is 11.7. The number of allylic oxidation sites excluding steroid dienone is 1. The van der Waals surface area contributed by atoms with Crippen LogP contribution < -0.4 is 9.47 Å². The molecule has 0 amide bonds. The third-order valence-corrected chi connectivity index (χ3v) is 8.00. The van der Waals surface area contributed by atoms with E-state index < -0.39 is 0 Å². The maximum atomic E-state index is 5.46. The normalized spacial score (nSPS) is 19.4. The number of thioether (sulfide) groups is 1. The van der Waals surface area contributed by atoms with Gasteiger partial charge < -0.3 is 14.0 Å². The van der Waals surface area contributed by atoms with E-state index in [1.54, 1.807) is 14.2 Å². The topological polar surface area (TPSA) is 60.6 Å². The van der Waals surface area contributed by atoms with Crippen LogP contribution in [0.2, 0.25) is 0 Å². The van der Waals surface area contributed by atoms with Crippen LogP contribution in [0.1, 0.15) is 42.5 Å². The first-order chi connectivity index (χ1) is 16.6. The van der Waals surface area contributed by atoms with Crippen molar-refractivity contribution in [1.29, 1.82) is 0 Å². The van der Waals surface area contributed by atoms with Crippen molar-refractivity contribution in [2.45, 2.75) is 36.3 Å². The van der Waals surface area contributed by atoms with Crippen molar-refractivity contribution in [2.24, 2.45) is 5.92 Å². The van der Waals surface area contributed by atoms with Crippen LogP contribution >= 0.6 is 11.8 Å². The number of hydrogen-bond acceptors (Lipinski definition) is 7. The highest BCUT2D eigenvalue weighted by atomic mass is 32.2. The number of rotatable bonds is 9. The summed E-state index contributed by atoms with van der Waals surface area (Å²) in [6, 6.07) is 16.4. The molecule has 2 aromatic carbocycles. The van der Waals surface area contributed by atoms with Crippen molar-refractivity contribution in [3.8, 4) is 22.9 Å². The van der Waals surface area contributed by atoms with Crippen molar-refractivity contribution in [3.05, 3.63) is 66.1 Å². The smallest absolute Gasteiger partial charge is 0.250 e. The number of ether oxygens (including phenoxy) is 2. The van der Waals surface area contributed by atoms with Crippen LogP contribution in [0.5, 0.6) is 11.5 Å². The Hall–Kier alpha value is -2.77. The number of methoxy groups -OCH3 is 2. The highest BCUT2D eigenvalue weighted by Crippen LogP contribution is 2.41. The van der Waals surface area contributed by atoms with Crippen LogP contribution in [-0.2, 0) is 0 Å². The van der Waals surface area contributed by atoms with Gasteiger partial charge >= 0.3 is 0 Å². The Morgan fingerprint density at radius 2 is 1.74 bits per heavy atom. The summed E-state index contributed by atoms with van der Waals surface area (Å²) in [6.07, 6.45) is 8.99. The van der Waals surface area contributed by atoms with Gasteiger partial charge in [-0.3, -0.25) is 4.90 Å². The zero-order valence-corrected chi connectivity index (χ0v) is 21.1. The lowest BCUT2D eigenvalue weighted by atomic mass is 9.88. The Labute approximate surface area is 206 Å². The lowest BCUT2D eigenvalue weighted by Gasteiger charge is -2.32. The lowest BCUT2D eigenvalue weighted by molar-refractivity contribution is 0.355. The molecule has 0 spiro atoms. The number of hydrogen-bond donors (Lipinski definition) is 0. The maximum absolute atomic E-state index is 5.46. The third kappa shape index (κ3) is 6.02. The zero-order chi connectivity index (χ0) is 23.9. The fraction of sp³-hybridized carbons (Fsp3) is 0.407. The molecule has 7 heteroatoms. The molecule has 180 valence electrons. The zero-order valence-electron chi connectivity index (χ0n) is 20.3. The van der Waals surface area contributed by atoms with Gasteiger partial charge in [-0.15, -0.1) is 11.8 Å². The molecule has 1 fully saturated rings. The minimum Gasteiger partial charge on any atom is -0.493 e. The molecular weight excluding hydrogens is 446 g/mol. The largest absolute Gasteiger partial charge is 0.493 e. The predicted octanol–water partition coefficient (Wildman–Crippen LogP) is 6.32. The van der Waals surface area contributed by atoms with E-state index in [-0.39, 0.29) is 0 Å². The molecule has 1 aromatic heterocycles. The Morgan fingerprint density at radius 1 is 1.00 bits per heavy atom. The molecule has 1 unspecified atom stereocenters. The maximum Gasteiger partial charge on any atom is 0.250 e. The van der Waals surface area contributed by atoms with E-state index in [1.807, 2.05) is 24.3 Å². The van der Waals surface area contributed by atoms with Gasteiger partial charge in [-0.2, -0.15) is 4.98 Å². The Bertz CT molecular complexity index is 1080. The predicted molar refractivity (Wildman–Crippen MR) is 138 cm³/mol. The third-order valence-electron chi connectivity index (χ3n) is 6.19. The molecule has 1 aliphatic rings. The second-order valence-electron chi connectivity index (χ2n) is 8.78. The fourth-order valence-electron chi connectivity index (χ4n) is 4.33. The van der Waals surface area contributed by atoms with Crippen molar-refractivity contribution in [1.82, 2.24) is 15.0 Å². The van der Waals surface area contributed by atoms with E-state index in [4.69, 9.17) is 14.0 Å². The molecule has 1 saturated carbocycles. The van der Waals surface area contributed by atoms with Crippen molar-refractivity contribution in [3.63, 3.8) is 0 Å². The SMILES string of the molecule is COc1ccc(-c2noc(C=CC3CCC(SC(c4ccccc4)N(C)C)CC3)n2)cc1OC. The standard InChI is InChI=1S/C27H33N3O3S/c1-30(2)27(20-8-6-5-7-9-20)34-22-14-10-19(11-15-22)12-17-25-28-26(29-33-25)21-13-16-23(31-3)24(18-21)32-4/h5-9,12-13,16-19,22,27H,10-11,14-15H2,1-4H3. The summed E-state index contributed by atoms with van der Waals surface area (Å²) in [5, 5.41) is 5.20. The van der Waals surface area contributed by atoms with E-state index in [9.17, 15) is 0 Å². The van der Waals surface area contributed by atoms with Gasteiger partial charge in [-0.05, 0) is 75.5 Å². The molecule has 34 heavy (non-hydrogen) atoms. The van der Waals surface area contributed by atoms with Crippen LogP contribution in [0.15, 0.2) is 59.1 Å². The Morgan fingerprint density at radius 3 is 2.41 bits per heavy atom. The average molecular weight is 480 g/mol. The van der Waals surface area contributed by atoms with Gasteiger partial charge in [0.15, 0.2) is 11.5 Å². The van der Waals surface area contributed by atoms with Gasteiger partial charge in [-0.1, -0.05) is 41.6 Å². The molecule has 1 atom stereocenters. The van der Waals surface area contributed by atoms with Crippen LogP contribution in [0.25, 0.3) is 17.5 Å². The van der Waals surface area contributed by atoms with Crippen LogP contribution in [-0.4, -0.2) is 48.6 Å². The van der Waals surface area contributed by atoms with Gasteiger partial charge in [0.25, 0.3) is 5.89 Å². The summed E-state index contributed by atoms with van der Waals surface area (Å²) < 4.78 is 16.1. The monoisotopic (exact) mass is 479 g/mol. The van der Waals surface area contributed by atoms with Crippen molar-refractivity contribution < 1.29 is 14.0 Å². The van der Waals surface area contributed by atoms with E-state index >= 15 is 0 Å². The van der Waals surface area contributed by atoms with E-state index in [0.717, 1.165) is 5.56 Å². The molecule has 1 aliphatic carbocycles. The lowest BCUT2D eigenvalue weighted by Crippen LogP contribution is -2.22. The fourth-order valence-corrected chi connectivity index (χ4v) is 5.80. The number of benzene rings is 2. The van der Waals surface area contributed by atoms with E-state index in [1.165, 1.54) is 31.2 Å². The molecule has 0 radical (unpaired) electrons. The first kappa shape index (κ1) is 24.4. The highest BCUT2D eigenvalue weighted by Gasteiger charge is 2.25. The second-order valence-corrected chi connectivity index (χ2v) is 10.2. The molecule has 0 aliphatic heterocycles. The summed E-state index contributed by atoms with van der Waals surface area (Å²) in [5.74, 6) is 2.92.